The summed E-state index contributed by atoms with van der Waals surface area (Å²) < 4.78 is 0. The monoisotopic (exact) mass is 459 g/mol. The number of hydrogen-bond donors (Lipinski definition) is 1. The quantitative estimate of drug-likeness (QED) is 0.411. The predicted octanol–water partition coefficient (Wildman–Crippen LogP) is 9.32. The van der Waals surface area contributed by atoms with Gasteiger partial charge in [-0.1, -0.05) is 102 Å². The number of allylic oxidation sites excluding steroid dienone is 4. The number of hydrogen-bond acceptors (Lipinski definition) is 1. The third-order valence-corrected chi connectivity index (χ3v) is 8.85. The van der Waals surface area contributed by atoms with E-state index in [9.17, 15) is 0 Å². The number of fused-ring (bicyclic) bond motifs is 4. The van der Waals surface area contributed by atoms with Crippen LogP contribution in [0, 0.1) is 0 Å². The minimum absolute atomic E-state index is 0.0855. The van der Waals surface area contributed by atoms with E-state index in [0.717, 1.165) is 12.1 Å². The van der Waals surface area contributed by atoms with E-state index >= 15 is 0 Å². The van der Waals surface area contributed by atoms with Crippen LogP contribution in [0.15, 0.2) is 84.5 Å². The Morgan fingerprint density at radius 3 is 2.14 bits per heavy atom. The highest BCUT2D eigenvalue weighted by Crippen LogP contribution is 2.53. The highest BCUT2D eigenvalue weighted by molar-refractivity contribution is 5.71. The van der Waals surface area contributed by atoms with Gasteiger partial charge in [0.2, 0.25) is 0 Å². The van der Waals surface area contributed by atoms with Crippen LogP contribution in [-0.4, -0.2) is 0 Å². The first-order valence-corrected chi connectivity index (χ1v) is 13.1. The summed E-state index contributed by atoms with van der Waals surface area (Å²) in [6, 6.07) is 23.0. The highest BCUT2D eigenvalue weighted by Gasteiger charge is 2.42. The molecule has 0 amide bonds. The molecule has 1 N–H and O–H groups in total. The van der Waals surface area contributed by atoms with E-state index in [4.69, 9.17) is 0 Å². The molecule has 178 valence electrons. The van der Waals surface area contributed by atoms with Crippen molar-refractivity contribution in [2.24, 2.45) is 0 Å². The fourth-order valence-corrected chi connectivity index (χ4v) is 7.28. The van der Waals surface area contributed by atoms with Crippen LogP contribution in [0.4, 0.5) is 11.4 Å². The fourth-order valence-electron chi connectivity index (χ4n) is 7.28. The summed E-state index contributed by atoms with van der Waals surface area (Å²) >= 11 is 0. The van der Waals surface area contributed by atoms with E-state index in [2.05, 4.69) is 126 Å². The molecule has 3 aromatic carbocycles. The van der Waals surface area contributed by atoms with Crippen molar-refractivity contribution >= 4 is 11.4 Å². The Labute approximate surface area is 211 Å². The summed E-state index contributed by atoms with van der Waals surface area (Å²) in [6.45, 7) is 14.3. The van der Waals surface area contributed by atoms with E-state index < -0.39 is 0 Å². The standard InChI is InChI=1S/C34H37N/c1-32(2)21-33(3,4)31-19-23(13-18-29(31)32)22-11-14-24(15-12-22)35-25-16-17-27-26-9-7-8-10-28(26)34(5,6)30(27)20-25/h7-8,10-20,26,35H,9,21H2,1-6H3. The van der Waals surface area contributed by atoms with Gasteiger partial charge in [0.05, 0.1) is 0 Å². The molecule has 3 aliphatic carbocycles. The SMILES string of the molecule is CC1(C)CC(C)(C)c2cc(-c3ccc(Nc4ccc5c(c4)C(C)(C)C4=CC=CCC45)cc3)ccc21. The van der Waals surface area contributed by atoms with Gasteiger partial charge in [-0.15, -0.1) is 0 Å². The lowest BCUT2D eigenvalue weighted by Crippen LogP contribution is -2.17. The van der Waals surface area contributed by atoms with Crippen LogP contribution in [0.3, 0.4) is 0 Å². The van der Waals surface area contributed by atoms with Crippen molar-refractivity contribution < 1.29 is 0 Å². The Morgan fingerprint density at radius 1 is 0.686 bits per heavy atom. The Kier molecular flexibility index (Phi) is 4.78. The first-order valence-electron chi connectivity index (χ1n) is 13.1. The largest absolute Gasteiger partial charge is 0.356 e. The summed E-state index contributed by atoms with van der Waals surface area (Å²) in [5, 5.41) is 3.66. The van der Waals surface area contributed by atoms with Crippen molar-refractivity contribution in [1.29, 1.82) is 0 Å². The average molecular weight is 460 g/mol. The molecule has 0 fully saturated rings. The topological polar surface area (TPSA) is 12.0 Å². The molecular formula is C34H37N. The molecule has 0 aliphatic heterocycles. The Bertz CT molecular complexity index is 1380. The van der Waals surface area contributed by atoms with Gasteiger partial charge >= 0.3 is 0 Å². The minimum Gasteiger partial charge on any atom is -0.356 e. The average Bonchev–Trinajstić information content (AvgIpc) is 3.17. The number of anilines is 2. The van der Waals surface area contributed by atoms with Gasteiger partial charge in [0.25, 0.3) is 0 Å². The second kappa shape index (κ2) is 7.47. The van der Waals surface area contributed by atoms with E-state index in [0.29, 0.717) is 5.92 Å². The van der Waals surface area contributed by atoms with Gasteiger partial charge in [-0.05, 0) is 81.3 Å². The smallest absolute Gasteiger partial charge is 0.0387 e. The molecule has 0 spiro atoms. The molecule has 0 radical (unpaired) electrons. The molecule has 0 saturated carbocycles. The van der Waals surface area contributed by atoms with Gasteiger partial charge in [-0.2, -0.15) is 0 Å². The molecule has 1 atom stereocenters. The zero-order valence-corrected chi connectivity index (χ0v) is 22.0. The van der Waals surface area contributed by atoms with E-state index in [1.165, 1.54) is 45.5 Å². The lowest BCUT2D eigenvalue weighted by molar-refractivity contribution is 0.403. The third kappa shape index (κ3) is 3.51. The van der Waals surface area contributed by atoms with Crippen LogP contribution in [0.1, 0.15) is 82.6 Å². The van der Waals surface area contributed by atoms with Crippen LogP contribution in [-0.2, 0) is 16.2 Å². The first kappa shape index (κ1) is 22.4. The second-order valence-electron chi connectivity index (χ2n) is 12.7. The van der Waals surface area contributed by atoms with Gasteiger partial charge in [-0.3, -0.25) is 0 Å². The van der Waals surface area contributed by atoms with Gasteiger partial charge in [-0.25, -0.2) is 0 Å². The number of nitrogens with one attached hydrogen (secondary N) is 1. The van der Waals surface area contributed by atoms with E-state index in [1.807, 2.05) is 0 Å². The molecule has 1 heteroatoms. The summed E-state index contributed by atoms with van der Waals surface area (Å²) in [7, 11) is 0. The molecule has 1 nitrogen and oxygen atoms in total. The minimum atomic E-state index is 0.0855. The van der Waals surface area contributed by atoms with Gasteiger partial charge < -0.3 is 5.32 Å². The second-order valence-corrected chi connectivity index (χ2v) is 12.7. The Balaban J connectivity index is 1.26. The Morgan fingerprint density at radius 2 is 1.37 bits per heavy atom. The van der Waals surface area contributed by atoms with Crippen LogP contribution in [0.25, 0.3) is 11.1 Å². The first-order chi connectivity index (χ1) is 16.6. The van der Waals surface area contributed by atoms with E-state index in [-0.39, 0.29) is 16.2 Å². The van der Waals surface area contributed by atoms with Crippen LogP contribution >= 0.6 is 0 Å². The maximum Gasteiger partial charge on any atom is 0.0387 e. The number of benzene rings is 3. The molecule has 35 heavy (non-hydrogen) atoms. The van der Waals surface area contributed by atoms with Gasteiger partial charge in [0, 0.05) is 22.7 Å². The molecule has 0 saturated heterocycles. The van der Waals surface area contributed by atoms with Crippen molar-refractivity contribution in [3.05, 3.63) is 107 Å². The Hall–Kier alpha value is -3.06. The highest BCUT2D eigenvalue weighted by atomic mass is 14.9. The molecule has 3 aliphatic rings. The maximum atomic E-state index is 3.66. The predicted molar refractivity (Wildman–Crippen MR) is 150 cm³/mol. The van der Waals surface area contributed by atoms with Crippen LogP contribution in [0.2, 0.25) is 0 Å². The lowest BCUT2D eigenvalue weighted by atomic mass is 9.79. The fraction of sp³-hybridized carbons (Fsp3) is 0.353. The zero-order chi connectivity index (χ0) is 24.6. The van der Waals surface area contributed by atoms with Gasteiger partial charge in [0.1, 0.15) is 0 Å². The third-order valence-electron chi connectivity index (χ3n) is 8.85. The van der Waals surface area contributed by atoms with Crippen LogP contribution in [0.5, 0.6) is 0 Å². The summed E-state index contributed by atoms with van der Waals surface area (Å²) in [4.78, 5) is 0. The number of rotatable bonds is 3. The normalized spacial score (nSPS) is 22.2. The molecule has 0 bridgehead atoms. The summed E-state index contributed by atoms with van der Waals surface area (Å²) in [5.41, 5.74) is 13.0. The van der Waals surface area contributed by atoms with Crippen molar-refractivity contribution in [1.82, 2.24) is 0 Å². The van der Waals surface area contributed by atoms with Crippen molar-refractivity contribution in [2.75, 3.05) is 5.32 Å². The van der Waals surface area contributed by atoms with Crippen molar-refractivity contribution in [3.8, 4) is 11.1 Å². The molecule has 0 aromatic heterocycles. The van der Waals surface area contributed by atoms with Gasteiger partial charge in [0.15, 0.2) is 0 Å². The van der Waals surface area contributed by atoms with E-state index in [1.54, 1.807) is 5.57 Å². The molecule has 1 unspecified atom stereocenters. The zero-order valence-electron chi connectivity index (χ0n) is 22.0. The summed E-state index contributed by atoms with van der Waals surface area (Å²) in [5.74, 6) is 0.543. The van der Waals surface area contributed by atoms with Crippen molar-refractivity contribution in [2.45, 2.75) is 76.5 Å². The lowest BCUT2D eigenvalue weighted by Gasteiger charge is -2.25. The molecule has 3 aromatic rings. The van der Waals surface area contributed by atoms with Crippen LogP contribution < -0.4 is 5.32 Å². The molecular weight excluding hydrogens is 422 g/mol. The van der Waals surface area contributed by atoms with Crippen molar-refractivity contribution in [3.63, 3.8) is 0 Å². The molecule has 0 heterocycles. The maximum absolute atomic E-state index is 3.66. The summed E-state index contributed by atoms with van der Waals surface area (Å²) in [6.07, 6.45) is 9.18. The molecule has 6 rings (SSSR count).